The van der Waals surface area contributed by atoms with Gasteiger partial charge in [0, 0.05) is 29.4 Å². The van der Waals surface area contributed by atoms with Gasteiger partial charge in [-0.05, 0) is 25.5 Å². The molecule has 5 heteroatoms. The Morgan fingerprint density at radius 2 is 2.35 bits per heavy atom. The van der Waals surface area contributed by atoms with Crippen LogP contribution in [-0.4, -0.2) is 27.8 Å². The summed E-state index contributed by atoms with van der Waals surface area (Å²) in [6.07, 6.45) is 6.11. The molecular formula is C15H19N3O2. The minimum Gasteiger partial charge on any atom is -0.352 e. The molecule has 0 aliphatic carbocycles. The van der Waals surface area contributed by atoms with Gasteiger partial charge in [-0.1, -0.05) is 13.3 Å². The van der Waals surface area contributed by atoms with Crippen molar-refractivity contribution >= 4 is 23.2 Å². The number of amides is 1. The van der Waals surface area contributed by atoms with Crippen LogP contribution >= 0.6 is 0 Å². The van der Waals surface area contributed by atoms with Crippen LogP contribution in [0.5, 0.6) is 0 Å². The fraction of sp³-hybridized carbons (Fsp3) is 0.400. The summed E-state index contributed by atoms with van der Waals surface area (Å²) < 4.78 is 1.72. The summed E-state index contributed by atoms with van der Waals surface area (Å²) in [6, 6.07) is 3.77. The molecule has 0 saturated carbocycles. The second kappa shape index (κ2) is 6.32. The summed E-state index contributed by atoms with van der Waals surface area (Å²) in [6.45, 7) is 4.25. The van der Waals surface area contributed by atoms with Gasteiger partial charge in [0.25, 0.3) is 0 Å². The lowest BCUT2D eigenvalue weighted by molar-refractivity contribution is -0.122. The lowest BCUT2D eigenvalue weighted by Crippen LogP contribution is -2.34. The third-order valence-electron chi connectivity index (χ3n) is 3.23. The highest BCUT2D eigenvalue weighted by Crippen LogP contribution is 2.17. The molecule has 0 spiro atoms. The van der Waals surface area contributed by atoms with Gasteiger partial charge in [-0.25, -0.2) is 4.98 Å². The molecule has 2 aromatic heterocycles. The quantitative estimate of drug-likeness (QED) is 0.820. The smallest absolute Gasteiger partial charge is 0.240 e. The molecule has 106 valence electrons. The summed E-state index contributed by atoms with van der Waals surface area (Å²) in [5.74, 6) is -0.0639. The van der Waals surface area contributed by atoms with E-state index >= 15 is 0 Å². The molecule has 0 fully saturated rings. The van der Waals surface area contributed by atoms with E-state index in [1.54, 1.807) is 23.0 Å². The van der Waals surface area contributed by atoms with E-state index in [1.807, 2.05) is 13.0 Å². The zero-order valence-electron chi connectivity index (χ0n) is 11.8. The van der Waals surface area contributed by atoms with Gasteiger partial charge in [0.15, 0.2) is 6.29 Å². The van der Waals surface area contributed by atoms with Crippen molar-refractivity contribution in [1.82, 2.24) is 14.9 Å². The number of carbonyl (C=O) groups excluding carboxylic acids is 2. The second-order valence-corrected chi connectivity index (χ2v) is 4.96. The number of aldehydes is 1. The van der Waals surface area contributed by atoms with Crippen LogP contribution in [0, 0.1) is 0 Å². The molecule has 0 aliphatic heterocycles. The van der Waals surface area contributed by atoms with E-state index in [-0.39, 0.29) is 18.5 Å². The summed E-state index contributed by atoms with van der Waals surface area (Å²) in [4.78, 5) is 27.3. The van der Waals surface area contributed by atoms with Crippen molar-refractivity contribution in [3.05, 3.63) is 30.1 Å². The summed E-state index contributed by atoms with van der Waals surface area (Å²) in [5, 5.41) is 3.72. The molecular weight excluding hydrogens is 254 g/mol. The maximum Gasteiger partial charge on any atom is 0.240 e. The first-order valence-electron chi connectivity index (χ1n) is 6.84. The van der Waals surface area contributed by atoms with E-state index in [2.05, 4.69) is 17.2 Å². The number of nitrogens with zero attached hydrogens (tertiary/aromatic N) is 2. The number of hydrogen-bond acceptors (Lipinski definition) is 3. The zero-order chi connectivity index (χ0) is 14.5. The molecule has 0 bridgehead atoms. The van der Waals surface area contributed by atoms with E-state index in [9.17, 15) is 9.59 Å². The molecule has 20 heavy (non-hydrogen) atoms. The molecule has 0 radical (unpaired) electrons. The summed E-state index contributed by atoms with van der Waals surface area (Å²) >= 11 is 0. The number of carbonyl (C=O) groups is 2. The van der Waals surface area contributed by atoms with Gasteiger partial charge in [-0.2, -0.15) is 0 Å². The van der Waals surface area contributed by atoms with Crippen LogP contribution in [0.2, 0.25) is 0 Å². The standard InChI is InChI=1S/C15H19N3O2/c1-3-5-11(2)17-14(20)9-18-8-12(10-19)13-6-4-7-16-15(13)18/h4,6-8,10-11H,3,5,9H2,1-2H3,(H,17,20). The molecule has 1 N–H and O–H groups in total. The van der Waals surface area contributed by atoms with Crippen LogP contribution < -0.4 is 5.32 Å². The molecule has 2 heterocycles. The highest BCUT2D eigenvalue weighted by atomic mass is 16.2. The Bertz CT molecular complexity index is 619. The predicted molar refractivity (Wildman–Crippen MR) is 77.6 cm³/mol. The first kappa shape index (κ1) is 14.2. The molecule has 2 rings (SSSR count). The Morgan fingerprint density at radius 3 is 3.05 bits per heavy atom. The molecule has 0 saturated heterocycles. The minimum absolute atomic E-state index is 0.0639. The summed E-state index contributed by atoms with van der Waals surface area (Å²) in [5.41, 5.74) is 1.22. The Balaban J connectivity index is 2.17. The largest absolute Gasteiger partial charge is 0.352 e. The van der Waals surface area contributed by atoms with Crippen LogP contribution in [-0.2, 0) is 11.3 Å². The third kappa shape index (κ3) is 3.04. The number of rotatable bonds is 6. The van der Waals surface area contributed by atoms with Gasteiger partial charge in [0.1, 0.15) is 12.2 Å². The normalized spacial score (nSPS) is 12.3. The van der Waals surface area contributed by atoms with Gasteiger partial charge in [0.2, 0.25) is 5.91 Å². The molecule has 1 unspecified atom stereocenters. The van der Waals surface area contributed by atoms with Crippen molar-refractivity contribution in [1.29, 1.82) is 0 Å². The third-order valence-corrected chi connectivity index (χ3v) is 3.23. The maximum atomic E-state index is 12.0. The maximum absolute atomic E-state index is 12.0. The van der Waals surface area contributed by atoms with Gasteiger partial charge >= 0.3 is 0 Å². The first-order chi connectivity index (χ1) is 9.65. The molecule has 0 aromatic carbocycles. The number of fused-ring (bicyclic) bond motifs is 1. The fourth-order valence-electron chi connectivity index (χ4n) is 2.34. The van der Waals surface area contributed by atoms with E-state index in [0.717, 1.165) is 24.5 Å². The number of pyridine rings is 1. The van der Waals surface area contributed by atoms with Crippen molar-refractivity contribution in [3.8, 4) is 0 Å². The Morgan fingerprint density at radius 1 is 1.55 bits per heavy atom. The lowest BCUT2D eigenvalue weighted by atomic mass is 10.2. The average molecular weight is 273 g/mol. The average Bonchev–Trinajstić information content (AvgIpc) is 2.77. The van der Waals surface area contributed by atoms with Crippen molar-refractivity contribution in [2.45, 2.75) is 39.3 Å². The van der Waals surface area contributed by atoms with Crippen molar-refractivity contribution < 1.29 is 9.59 Å². The van der Waals surface area contributed by atoms with E-state index < -0.39 is 0 Å². The molecule has 5 nitrogen and oxygen atoms in total. The summed E-state index contributed by atoms with van der Waals surface area (Å²) in [7, 11) is 0. The monoisotopic (exact) mass is 273 g/mol. The number of hydrogen-bond donors (Lipinski definition) is 1. The highest BCUT2D eigenvalue weighted by Gasteiger charge is 2.12. The lowest BCUT2D eigenvalue weighted by Gasteiger charge is -2.13. The molecule has 1 amide bonds. The Kier molecular flexibility index (Phi) is 4.50. The first-order valence-corrected chi connectivity index (χ1v) is 6.84. The number of nitrogens with one attached hydrogen (secondary N) is 1. The van der Waals surface area contributed by atoms with E-state index in [4.69, 9.17) is 0 Å². The van der Waals surface area contributed by atoms with Gasteiger partial charge in [0.05, 0.1) is 0 Å². The SMILES string of the molecule is CCCC(C)NC(=O)Cn1cc(C=O)c2cccnc21. The Hall–Kier alpha value is -2.17. The highest BCUT2D eigenvalue weighted by molar-refractivity contribution is 5.96. The van der Waals surface area contributed by atoms with Crippen LogP contribution in [0.4, 0.5) is 0 Å². The molecule has 2 aromatic rings. The van der Waals surface area contributed by atoms with Crippen LogP contribution in [0.15, 0.2) is 24.5 Å². The van der Waals surface area contributed by atoms with Crippen molar-refractivity contribution in [2.75, 3.05) is 0 Å². The van der Waals surface area contributed by atoms with E-state index in [0.29, 0.717) is 11.2 Å². The van der Waals surface area contributed by atoms with Crippen LogP contribution in [0.3, 0.4) is 0 Å². The molecule has 1 atom stereocenters. The van der Waals surface area contributed by atoms with Gasteiger partial charge < -0.3 is 9.88 Å². The van der Waals surface area contributed by atoms with Crippen molar-refractivity contribution in [3.63, 3.8) is 0 Å². The van der Waals surface area contributed by atoms with Crippen LogP contribution in [0.25, 0.3) is 11.0 Å². The topological polar surface area (TPSA) is 64.0 Å². The Labute approximate surface area is 118 Å². The predicted octanol–water partition coefficient (Wildman–Crippen LogP) is 2.15. The fourth-order valence-corrected chi connectivity index (χ4v) is 2.34. The van der Waals surface area contributed by atoms with Crippen molar-refractivity contribution in [2.24, 2.45) is 0 Å². The minimum atomic E-state index is -0.0639. The van der Waals surface area contributed by atoms with Crippen LogP contribution in [0.1, 0.15) is 37.0 Å². The van der Waals surface area contributed by atoms with Gasteiger partial charge in [-0.15, -0.1) is 0 Å². The zero-order valence-corrected chi connectivity index (χ0v) is 11.8. The molecule has 0 aliphatic rings. The second-order valence-electron chi connectivity index (χ2n) is 4.96. The van der Waals surface area contributed by atoms with Gasteiger partial charge in [-0.3, -0.25) is 9.59 Å². The van der Waals surface area contributed by atoms with E-state index in [1.165, 1.54) is 0 Å². The number of aromatic nitrogens is 2.